The third-order valence-electron chi connectivity index (χ3n) is 3.05. The number of aryl methyl sites for hydroxylation is 2. The first-order valence-electron chi connectivity index (χ1n) is 7.20. The molecule has 1 aromatic rings. The fraction of sp³-hybridized carbons (Fsp3) is 0.714. The standard InChI is InChI=1S/C14H27N5S/c1-6-15-14(16-8-9-19(5)7-2)17-10-13-11(3)18-12(4)20-13/h6-10H2,1-5H3,(H2,15,16,17). The molecule has 0 atom stereocenters. The molecular weight excluding hydrogens is 270 g/mol. The number of guanidine groups is 1. The Kier molecular flexibility index (Phi) is 7.54. The fourth-order valence-corrected chi connectivity index (χ4v) is 2.60. The average molecular weight is 297 g/mol. The van der Waals surface area contributed by atoms with E-state index in [1.807, 2.05) is 13.8 Å². The van der Waals surface area contributed by atoms with Crippen LogP contribution in [0.5, 0.6) is 0 Å². The second kappa shape index (κ2) is 8.92. The van der Waals surface area contributed by atoms with E-state index in [-0.39, 0.29) is 0 Å². The van der Waals surface area contributed by atoms with Crippen molar-refractivity contribution in [1.29, 1.82) is 0 Å². The van der Waals surface area contributed by atoms with Gasteiger partial charge in [-0.2, -0.15) is 0 Å². The molecule has 0 aliphatic heterocycles. The molecule has 0 fully saturated rings. The van der Waals surface area contributed by atoms with E-state index in [1.54, 1.807) is 11.3 Å². The van der Waals surface area contributed by atoms with Crippen LogP contribution in [0.15, 0.2) is 4.99 Å². The molecule has 0 amide bonds. The Morgan fingerprint density at radius 1 is 1.30 bits per heavy atom. The molecule has 0 saturated heterocycles. The van der Waals surface area contributed by atoms with Crippen LogP contribution in [0.2, 0.25) is 0 Å². The SMILES string of the molecule is CCNC(=NCc1sc(C)nc1C)NCCN(C)CC. The Hall–Kier alpha value is -1.14. The minimum atomic E-state index is 0.691. The van der Waals surface area contributed by atoms with Crippen molar-refractivity contribution in [1.82, 2.24) is 20.5 Å². The maximum atomic E-state index is 4.63. The number of aliphatic imine (C=N–C) groups is 1. The molecule has 1 aromatic heterocycles. The Bertz CT molecular complexity index is 427. The minimum Gasteiger partial charge on any atom is -0.357 e. The summed E-state index contributed by atoms with van der Waals surface area (Å²) in [5.74, 6) is 0.877. The number of hydrogen-bond acceptors (Lipinski definition) is 4. The number of thiazole rings is 1. The van der Waals surface area contributed by atoms with Crippen molar-refractivity contribution in [3.63, 3.8) is 0 Å². The molecule has 0 saturated carbocycles. The largest absolute Gasteiger partial charge is 0.357 e. The summed E-state index contributed by atoms with van der Waals surface area (Å²) < 4.78 is 0. The number of aromatic nitrogens is 1. The van der Waals surface area contributed by atoms with E-state index < -0.39 is 0 Å². The molecule has 2 N–H and O–H groups in total. The highest BCUT2D eigenvalue weighted by molar-refractivity contribution is 7.11. The summed E-state index contributed by atoms with van der Waals surface area (Å²) in [6, 6.07) is 0. The van der Waals surface area contributed by atoms with Gasteiger partial charge in [0.1, 0.15) is 0 Å². The summed E-state index contributed by atoms with van der Waals surface area (Å²) in [7, 11) is 2.12. The molecule has 0 radical (unpaired) electrons. The van der Waals surface area contributed by atoms with Crippen molar-refractivity contribution in [3.8, 4) is 0 Å². The summed E-state index contributed by atoms with van der Waals surface area (Å²) >= 11 is 1.72. The topological polar surface area (TPSA) is 52.6 Å². The predicted octanol–water partition coefficient (Wildman–Crippen LogP) is 1.77. The first-order chi connectivity index (χ1) is 9.56. The van der Waals surface area contributed by atoms with Gasteiger partial charge in [-0.25, -0.2) is 9.98 Å². The van der Waals surface area contributed by atoms with Crippen molar-refractivity contribution in [3.05, 3.63) is 15.6 Å². The molecule has 114 valence electrons. The molecule has 1 rings (SSSR count). The highest BCUT2D eigenvalue weighted by atomic mass is 32.1. The van der Waals surface area contributed by atoms with Crippen LogP contribution in [0, 0.1) is 13.8 Å². The molecule has 5 nitrogen and oxygen atoms in total. The highest BCUT2D eigenvalue weighted by Gasteiger charge is 2.04. The van der Waals surface area contributed by atoms with Crippen LogP contribution in [0.4, 0.5) is 0 Å². The van der Waals surface area contributed by atoms with Crippen molar-refractivity contribution in [2.45, 2.75) is 34.2 Å². The molecule has 0 unspecified atom stereocenters. The zero-order valence-electron chi connectivity index (χ0n) is 13.3. The van der Waals surface area contributed by atoms with E-state index in [0.29, 0.717) is 6.54 Å². The van der Waals surface area contributed by atoms with E-state index in [0.717, 1.165) is 42.8 Å². The molecular formula is C14H27N5S. The zero-order chi connectivity index (χ0) is 15.0. The molecule has 6 heteroatoms. The number of nitrogens with zero attached hydrogens (tertiary/aromatic N) is 3. The van der Waals surface area contributed by atoms with Crippen molar-refractivity contribution in [2.75, 3.05) is 33.2 Å². The van der Waals surface area contributed by atoms with E-state index >= 15 is 0 Å². The van der Waals surface area contributed by atoms with Crippen LogP contribution in [0.25, 0.3) is 0 Å². The summed E-state index contributed by atoms with van der Waals surface area (Å²) in [4.78, 5) is 12.6. The molecule has 20 heavy (non-hydrogen) atoms. The normalized spacial score (nSPS) is 12.0. The number of nitrogens with one attached hydrogen (secondary N) is 2. The van der Waals surface area contributed by atoms with Crippen molar-refractivity contribution in [2.24, 2.45) is 4.99 Å². The van der Waals surface area contributed by atoms with E-state index in [1.165, 1.54) is 4.88 Å². The van der Waals surface area contributed by atoms with Gasteiger partial charge in [0.25, 0.3) is 0 Å². The lowest BCUT2D eigenvalue weighted by atomic mass is 10.4. The lowest BCUT2D eigenvalue weighted by molar-refractivity contribution is 0.357. The first-order valence-corrected chi connectivity index (χ1v) is 8.02. The second-order valence-electron chi connectivity index (χ2n) is 4.76. The van der Waals surface area contributed by atoms with Crippen LogP contribution in [0.1, 0.15) is 29.4 Å². The lowest BCUT2D eigenvalue weighted by Crippen LogP contribution is -2.40. The lowest BCUT2D eigenvalue weighted by Gasteiger charge is -2.16. The van der Waals surface area contributed by atoms with Gasteiger partial charge < -0.3 is 15.5 Å². The second-order valence-corrected chi connectivity index (χ2v) is 6.05. The Morgan fingerprint density at radius 3 is 2.60 bits per heavy atom. The number of hydrogen-bond donors (Lipinski definition) is 2. The Labute approximate surface area is 126 Å². The van der Waals surface area contributed by atoms with Gasteiger partial charge in [0.05, 0.1) is 17.2 Å². The molecule has 0 spiro atoms. The summed E-state index contributed by atoms with van der Waals surface area (Å²) in [6.07, 6.45) is 0. The summed E-state index contributed by atoms with van der Waals surface area (Å²) in [5.41, 5.74) is 1.10. The van der Waals surface area contributed by atoms with E-state index in [9.17, 15) is 0 Å². The maximum Gasteiger partial charge on any atom is 0.191 e. The monoisotopic (exact) mass is 297 g/mol. The predicted molar refractivity (Wildman–Crippen MR) is 87.6 cm³/mol. The van der Waals surface area contributed by atoms with E-state index in [2.05, 4.69) is 46.4 Å². The molecule has 0 aliphatic carbocycles. The van der Waals surface area contributed by atoms with Crippen molar-refractivity contribution < 1.29 is 0 Å². The summed E-state index contributed by atoms with van der Waals surface area (Å²) in [5, 5.41) is 7.75. The van der Waals surface area contributed by atoms with Gasteiger partial charge in [-0.3, -0.25) is 0 Å². The molecule has 0 aromatic carbocycles. The Balaban J connectivity index is 2.52. The van der Waals surface area contributed by atoms with Gasteiger partial charge >= 0.3 is 0 Å². The van der Waals surface area contributed by atoms with Gasteiger partial charge in [0.15, 0.2) is 5.96 Å². The van der Waals surface area contributed by atoms with E-state index in [4.69, 9.17) is 0 Å². The van der Waals surface area contributed by atoms with Crippen LogP contribution < -0.4 is 10.6 Å². The quantitative estimate of drug-likeness (QED) is 0.595. The summed E-state index contributed by atoms with van der Waals surface area (Å²) in [6.45, 7) is 12.9. The zero-order valence-corrected chi connectivity index (χ0v) is 14.1. The van der Waals surface area contributed by atoms with Crippen molar-refractivity contribution >= 4 is 17.3 Å². The molecule has 0 aliphatic rings. The third kappa shape index (κ3) is 5.88. The third-order valence-corrected chi connectivity index (χ3v) is 4.11. The van der Waals surface area contributed by atoms with Crippen LogP contribution in [0.3, 0.4) is 0 Å². The molecule has 0 bridgehead atoms. The van der Waals surface area contributed by atoms with Gasteiger partial charge in [-0.05, 0) is 34.4 Å². The van der Waals surface area contributed by atoms with Gasteiger partial charge in [0.2, 0.25) is 0 Å². The van der Waals surface area contributed by atoms with Crippen LogP contribution in [-0.2, 0) is 6.54 Å². The highest BCUT2D eigenvalue weighted by Crippen LogP contribution is 2.17. The minimum absolute atomic E-state index is 0.691. The molecule has 1 heterocycles. The average Bonchev–Trinajstić information content (AvgIpc) is 2.74. The fourth-order valence-electron chi connectivity index (χ4n) is 1.74. The van der Waals surface area contributed by atoms with Gasteiger partial charge in [0, 0.05) is 24.5 Å². The number of likely N-dealkylation sites (N-methyl/N-ethyl adjacent to an activating group) is 1. The maximum absolute atomic E-state index is 4.63. The van der Waals surface area contributed by atoms with Crippen LogP contribution in [-0.4, -0.2) is 49.1 Å². The number of rotatable bonds is 7. The van der Waals surface area contributed by atoms with Gasteiger partial charge in [-0.15, -0.1) is 11.3 Å². The smallest absolute Gasteiger partial charge is 0.191 e. The van der Waals surface area contributed by atoms with Crippen LogP contribution >= 0.6 is 11.3 Å². The first kappa shape index (κ1) is 16.9. The Morgan fingerprint density at radius 2 is 2.05 bits per heavy atom. The van der Waals surface area contributed by atoms with Gasteiger partial charge in [-0.1, -0.05) is 6.92 Å².